The summed E-state index contributed by atoms with van der Waals surface area (Å²) in [6.07, 6.45) is 2.35. The van der Waals surface area contributed by atoms with Crippen LogP contribution in [0.5, 0.6) is 0 Å². The van der Waals surface area contributed by atoms with Crippen molar-refractivity contribution >= 4 is 35.2 Å². The zero-order valence-electron chi connectivity index (χ0n) is 11.5. The minimum absolute atomic E-state index is 0.0519. The lowest BCUT2D eigenvalue weighted by Crippen LogP contribution is -2.39. The highest BCUT2D eigenvalue weighted by molar-refractivity contribution is 7.99. The molecule has 0 aliphatic heterocycles. The summed E-state index contributed by atoms with van der Waals surface area (Å²) < 4.78 is 4.53. The number of methoxy groups -OCH3 is 1. The second kappa shape index (κ2) is 8.06. The van der Waals surface area contributed by atoms with E-state index in [1.54, 1.807) is 0 Å². The molecule has 0 bridgehead atoms. The van der Waals surface area contributed by atoms with Crippen molar-refractivity contribution in [2.45, 2.75) is 31.5 Å². The highest BCUT2D eigenvalue weighted by atomic mass is 35.5. The zero-order valence-corrected chi connectivity index (χ0v) is 13.0. The van der Waals surface area contributed by atoms with Crippen LogP contribution < -0.4 is 5.32 Å². The van der Waals surface area contributed by atoms with Crippen LogP contribution in [0.4, 0.5) is 0 Å². The zero-order chi connectivity index (χ0) is 15.1. The minimum atomic E-state index is -0.773. The minimum Gasteiger partial charge on any atom is -0.467 e. The molecule has 1 unspecified atom stereocenters. The summed E-state index contributed by atoms with van der Waals surface area (Å²) in [4.78, 5) is 31.4. The summed E-state index contributed by atoms with van der Waals surface area (Å²) in [5.41, 5.74) is 0.0519. The van der Waals surface area contributed by atoms with Gasteiger partial charge in [0.15, 0.2) is 10.9 Å². The van der Waals surface area contributed by atoms with Crippen LogP contribution in [0.1, 0.15) is 30.8 Å². The number of aromatic nitrogens is 2. The number of carbonyl (C=O) groups is 2. The number of ether oxygens (including phenoxy) is 1. The molecule has 0 fully saturated rings. The Morgan fingerprint density at radius 1 is 1.55 bits per heavy atom. The van der Waals surface area contributed by atoms with Gasteiger partial charge in [0.2, 0.25) is 0 Å². The molecule has 1 aromatic heterocycles. The van der Waals surface area contributed by atoms with Gasteiger partial charge in [0.25, 0.3) is 5.91 Å². The first-order valence-electron chi connectivity index (χ1n) is 6.03. The van der Waals surface area contributed by atoms with Crippen LogP contribution in [0.2, 0.25) is 5.02 Å². The first-order chi connectivity index (χ1) is 9.49. The fraction of sp³-hybridized carbons (Fsp3) is 0.500. The van der Waals surface area contributed by atoms with Crippen molar-refractivity contribution in [3.63, 3.8) is 0 Å². The van der Waals surface area contributed by atoms with Gasteiger partial charge >= 0.3 is 5.97 Å². The third kappa shape index (κ3) is 4.64. The van der Waals surface area contributed by atoms with Gasteiger partial charge < -0.3 is 10.1 Å². The number of esters is 1. The number of nitrogens with one attached hydrogen (secondary N) is 1. The third-order valence-electron chi connectivity index (χ3n) is 2.27. The Bertz CT molecular complexity index is 499. The van der Waals surface area contributed by atoms with Gasteiger partial charge in [-0.3, -0.25) is 4.79 Å². The van der Waals surface area contributed by atoms with Crippen molar-refractivity contribution in [1.29, 1.82) is 0 Å². The summed E-state index contributed by atoms with van der Waals surface area (Å²) in [6, 6.07) is -0.773. The van der Waals surface area contributed by atoms with E-state index >= 15 is 0 Å². The normalized spacial score (nSPS) is 11.8. The van der Waals surface area contributed by atoms with Gasteiger partial charge in [-0.15, -0.1) is 0 Å². The molecule has 1 aromatic rings. The second-order valence-corrected chi connectivity index (χ2v) is 5.39. The molecule has 0 saturated carbocycles. The molecule has 20 heavy (non-hydrogen) atoms. The van der Waals surface area contributed by atoms with Gasteiger partial charge in [-0.25, -0.2) is 14.8 Å². The topological polar surface area (TPSA) is 81.2 Å². The summed E-state index contributed by atoms with van der Waals surface area (Å²) in [6.45, 7) is 3.56. The molecule has 110 valence electrons. The van der Waals surface area contributed by atoms with Crippen LogP contribution in [-0.2, 0) is 9.53 Å². The molecule has 0 aliphatic rings. The lowest BCUT2D eigenvalue weighted by Gasteiger charge is -2.12. The first kappa shape index (κ1) is 16.7. The van der Waals surface area contributed by atoms with Gasteiger partial charge in [-0.2, -0.15) is 0 Å². The van der Waals surface area contributed by atoms with Crippen LogP contribution in [-0.4, -0.2) is 40.7 Å². The predicted molar refractivity (Wildman–Crippen MR) is 77.0 cm³/mol. The molecule has 1 rings (SSSR count). The van der Waals surface area contributed by atoms with Crippen molar-refractivity contribution in [3.8, 4) is 0 Å². The van der Waals surface area contributed by atoms with Crippen LogP contribution >= 0.6 is 23.4 Å². The summed E-state index contributed by atoms with van der Waals surface area (Å²) in [5, 5.41) is 3.09. The van der Waals surface area contributed by atoms with Crippen molar-refractivity contribution in [1.82, 2.24) is 15.3 Å². The van der Waals surface area contributed by atoms with Crippen LogP contribution in [0, 0.1) is 0 Å². The molecule has 6 nitrogen and oxygen atoms in total. The number of nitrogens with zero attached hydrogens (tertiary/aromatic N) is 2. The van der Waals surface area contributed by atoms with Crippen molar-refractivity contribution < 1.29 is 14.3 Å². The molecule has 1 heterocycles. The van der Waals surface area contributed by atoms with Crippen LogP contribution in [0.15, 0.2) is 11.4 Å². The fourth-order valence-electron chi connectivity index (χ4n) is 1.27. The van der Waals surface area contributed by atoms with Crippen molar-refractivity contribution in [3.05, 3.63) is 16.9 Å². The van der Waals surface area contributed by atoms with E-state index in [1.165, 1.54) is 32.0 Å². The maximum atomic E-state index is 12.0. The standard InChI is InChI=1S/C12H16ClN3O3S/c1-4-5-20-12-14-6-8(13)9(16-12)10(17)15-7(2)11(18)19-3/h6-7H,4-5H2,1-3H3,(H,15,17). The molecule has 0 radical (unpaired) electrons. The number of rotatable bonds is 6. The van der Waals surface area contributed by atoms with E-state index in [9.17, 15) is 9.59 Å². The van der Waals surface area contributed by atoms with Gasteiger partial charge in [-0.05, 0) is 13.3 Å². The Morgan fingerprint density at radius 2 is 2.25 bits per heavy atom. The number of carbonyl (C=O) groups excluding carboxylic acids is 2. The van der Waals surface area contributed by atoms with E-state index in [2.05, 4.69) is 20.0 Å². The smallest absolute Gasteiger partial charge is 0.328 e. The highest BCUT2D eigenvalue weighted by Crippen LogP contribution is 2.18. The maximum absolute atomic E-state index is 12.0. The highest BCUT2D eigenvalue weighted by Gasteiger charge is 2.20. The summed E-state index contributed by atoms with van der Waals surface area (Å²) in [7, 11) is 1.25. The lowest BCUT2D eigenvalue weighted by molar-refractivity contribution is -0.142. The third-order valence-corrected chi connectivity index (χ3v) is 3.62. The molecule has 1 N–H and O–H groups in total. The molecule has 8 heteroatoms. The molecule has 0 saturated heterocycles. The lowest BCUT2D eigenvalue weighted by atomic mass is 10.3. The predicted octanol–water partition coefficient (Wildman–Crippen LogP) is 1.92. The van der Waals surface area contributed by atoms with Gasteiger partial charge in [-0.1, -0.05) is 30.3 Å². The van der Waals surface area contributed by atoms with E-state index < -0.39 is 17.9 Å². The number of hydrogen-bond donors (Lipinski definition) is 1. The number of amides is 1. The molecule has 1 atom stereocenters. The van der Waals surface area contributed by atoms with Crippen LogP contribution in [0.25, 0.3) is 0 Å². The van der Waals surface area contributed by atoms with Crippen molar-refractivity contribution in [2.75, 3.05) is 12.9 Å². The van der Waals surface area contributed by atoms with E-state index in [0.717, 1.165) is 12.2 Å². The Balaban J connectivity index is 2.83. The van der Waals surface area contributed by atoms with Crippen molar-refractivity contribution in [2.24, 2.45) is 0 Å². The fourth-order valence-corrected chi connectivity index (χ4v) is 2.12. The van der Waals surface area contributed by atoms with Gasteiger partial charge in [0.05, 0.1) is 18.3 Å². The largest absolute Gasteiger partial charge is 0.467 e. The molecule has 0 spiro atoms. The average Bonchev–Trinajstić information content (AvgIpc) is 2.45. The molecular formula is C12H16ClN3O3S. The van der Waals surface area contributed by atoms with E-state index in [-0.39, 0.29) is 10.7 Å². The Morgan fingerprint density at radius 3 is 2.85 bits per heavy atom. The Hall–Kier alpha value is -1.34. The van der Waals surface area contributed by atoms with Crippen LogP contribution in [0.3, 0.4) is 0 Å². The summed E-state index contributed by atoms with van der Waals surface area (Å²) >= 11 is 7.35. The number of hydrogen-bond acceptors (Lipinski definition) is 6. The quantitative estimate of drug-likeness (QED) is 0.490. The second-order valence-electron chi connectivity index (χ2n) is 3.92. The average molecular weight is 318 g/mol. The Labute approximate surface area is 126 Å². The maximum Gasteiger partial charge on any atom is 0.328 e. The van der Waals surface area contributed by atoms with Gasteiger partial charge in [0, 0.05) is 5.75 Å². The SMILES string of the molecule is CCCSc1ncc(Cl)c(C(=O)NC(C)C(=O)OC)n1. The molecular weight excluding hydrogens is 302 g/mol. The molecule has 0 aliphatic carbocycles. The molecule has 1 amide bonds. The van der Waals surface area contributed by atoms with Gasteiger partial charge in [0.1, 0.15) is 6.04 Å². The first-order valence-corrected chi connectivity index (χ1v) is 7.40. The monoisotopic (exact) mass is 317 g/mol. The van der Waals surface area contributed by atoms with E-state index in [0.29, 0.717) is 5.16 Å². The van der Waals surface area contributed by atoms with E-state index in [1.807, 2.05) is 6.92 Å². The molecule has 0 aromatic carbocycles. The summed E-state index contributed by atoms with van der Waals surface area (Å²) in [5.74, 6) is -0.223. The Kier molecular flexibility index (Phi) is 6.74. The van der Waals surface area contributed by atoms with E-state index in [4.69, 9.17) is 11.6 Å². The number of halogens is 1. The number of thioether (sulfide) groups is 1.